The van der Waals surface area contributed by atoms with Crippen LogP contribution in [0.25, 0.3) is 0 Å². The molecule has 1 aromatic rings. The normalized spacial score (nSPS) is 23.6. The molecule has 0 amide bonds. The Morgan fingerprint density at radius 3 is 2.82 bits per heavy atom. The molecule has 0 aromatic carbocycles. The Bertz CT molecular complexity index is 345. The monoisotopic (exact) mass is 257 g/mol. The van der Waals surface area contributed by atoms with Gasteiger partial charge in [-0.1, -0.05) is 5.16 Å². The van der Waals surface area contributed by atoms with Gasteiger partial charge in [-0.15, -0.1) is 12.4 Å². The molecular formula is C12H20ClN3O. The van der Waals surface area contributed by atoms with Crippen LogP contribution in [0.5, 0.6) is 0 Å². The number of hydrogen-bond acceptors (Lipinski definition) is 4. The second-order valence-corrected chi connectivity index (χ2v) is 5.15. The molecule has 1 aromatic heterocycles. The van der Waals surface area contributed by atoms with Crippen LogP contribution in [-0.4, -0.2) is 23.2 Å². The van der Waals surface area contributed by atoms with Crippen molar-refractivity contribution in [2.75, 3.05) is 13.1 Å². The number of aromatic nitrogens is 2. The topological polar surface area (TPSA) is 51.0 Å². The van der Waals surface area contributed by atoms with Crippen molar-refractivity contribution in [3.8, 4) is 0 Å². The van der Waals surface area contributed by atoms with E-state index in [0.29, 0.717) is 0 Å². The summed E-state index contributed by atoms with van der Waals surface area (Å²) < 4.78 is 5.27. The van der Waals surface area contributed by atoms with E-state index in [9.17, 15) is 0 Å². The predicted molar refractivity (Wildman–Crippen MR) is 67.3 cm³/mol. The third-order valence-electron chi connectivity index (χ3n) is 3.61. The van der Waals surface area contributed by atoms with Gasteiger partial charge in [-0.25, -0.2) is 0 Å². The molecule has 1 saturated carbocycles. The lowest BCUT2D eigenvalue weighted by molar-refractivity contribution is 0.360. The molecule has 0 bridgehead atoms. The zero-order chi connectivity index (χ0) is 10.8. The summed E-state index contributed by atoms with van der Waals surface area (Å²) >= 11 is 0. The molecule has 1 N–H and O–H groups in total. The molecule has 0 spiro atoms. The molecule has 17 heavy (non-hydrogen) atoms. The molecule has 0 radical (unpaired) electrons. The second-order valence-electron chi connectivity index (χ2n) is 5.15. The second kappa shape index (κ2) is 5.83. The zero-order valence-electron chi connectivity index (χ0n) is 10.0. The SMILES string of the molecule is C1CC(CCc2nc(CC3CC3)no2)CN1.Cl. The van der Waals surface area contributed by atoms with Crippen molar-refractivity contribution in [1.82, 2.24) is 15.5 Å². The van der Waals surface area contributed by atoms with E-state index in [2.05, 4.69) is 15.5 Å². The third kappa shape index (κ3) is 3.68. The Labute approximate surface area is 108 Å². The van der Waals surface area contributed by atoms with E-state index in [1.54, 1.807) is 0 Å². The summed E-state index contributed by atoms with van der Waals surface area (Å²) in [6.45, 7) is 2.32. The van der Waals surface area contributed by atoms with Gasteiger partial charge < -0.3 is 9.84 Å². The fourth-order valence-corrected chi connectivity index (χ4v) is 2.34. The number of nitrogens with one attached hydrogen (secondary N) is 1. The molecule has 1 saturated heterocycles. The first kappa shape index (κ1) is 12.8. The summed E-state index contributed by atoms with van der Waals surface area (Å²) in [5.41, 5.74) is 0. The van der Waals surface area contributed by atoms with Crippen molar-refractivity contribution in [3.63, 3.8) is 0 Å². The van der Waals surface area contributed by atoms with Crippen molar-refractivity contribution in [3.05, 3.63) is 11.7 Å². The van der Waals surface area contributed by atoms with Gasteiger partial charge in [0.05, 0.1) is 0 Å². The molecule has 1 aliphatic carbocycles. The maximum atomic E-state index is 5.27. The lowest BCUT2D eigenvalue weighted by Crippen LogP contribution is -2.09. The van der Waals surface area contributed by atoms with Crippen LogP contribution >= 0.6 is 12.4 Å². The van der Waals surface area contributed by atoms with Gasteiger partial charge in [0.1, 0.15) is 0 Å². The smallest absolute Gasteiger partial charge is 0.226 e. The molecule has 2 heterocycles. The first-order valence-corrected chi connectivity index (χ1v) is 6.42. The van der Waals surface area contributed by atoms with Crippen molar-refractivity contribution in [1.29, 1.82) is 0 Å². The van der Waals surface area contributed by atoms with Gasteiger partial charge in [0.25, 0.3) is 0 Å². The van der Waals surface area contributed by atoms with E-state index in [-0.39, 0.29) is 12.4 Å². The summed E-state index contributed by atoms with van der Waals surface area (Å²) in [4.78, 5) is 4.45. The Hall–Kier alpha value is -0.610. The van der Waals surface area contributed by atoms with Crippen LogP contribution in [-0.2, 0) is 12.8 Å². The zero-order valence-corrected chi connectivity index (χ0v) is 10.8. The van der Waals surface area contributed by atoms with E-state index >= 15 is 0 Å². The Kier molecular flexibility index (Phi) is 4.40. The number of nitrogens with zero attached hydrogens (tertiary/aromatic N) is 2. The van der Waals surface area contributed by atoms with Gasteiger partial charge in [0.2, 0.25) is 5.89 Å². The Morgan fingerprint density at radius 2 is 2.12 bits per heavy atom. The molecular weight excluding hydrogens is 238 g/mol. The highest BCUT2D eigenvalue weighted by Crippen LogP contribution is 2.31. The van der Waals surface area contributed by atoms with Gasteiger partial charge in [-0.05, 0) is 50.6 Å². The molecule has 1 aliphatic heterocycles. The lowest BCUT2D eigenvalue weighted by atomic mass is 10.0. The summed E-state index contributed by atoms with van der Waals surface area (Å²) in [7, 11) is 0. The average Bonchev–Trinajstić information content (AvgIpc) is 2.81. The fraction of sp³-hybridized carbons (Fsp3) is 0.833. The first-order valence-electron chi connectivity index (χ1n) is 6.42. The maximum Gasteiger partial charge on any atom is 0.226 e. The van der Waals surface area contributed by atoms with Crippen molar-refractivity contribution >= 4 is 12.4 Å². The molecule has 1 unspecified atom stereocenters. The predicted octanol–water partition coefficient (Wildman–Crippen LogP) is 1.99. The molecule has 2 aliphatic rings. The van der Waals surface area contributed by atoms with Crippen molar-refractivity contribution in [2.45, 2.75) is 38.5 Å². The van der Waals surface area contributed by atoms with Crippen LogP contribution in [0.15, 0.2) is 4.52 Å². The van der Waals surface area contributed by atoms with Crippen LogP contribution in [0.2, 0.25) is 0 Å². The van der Waals surface area contributed by atoms with Crippen LogP contribution in [0.1, 0.15) is 37.4 Å². The van der Waals surface area contributed by atoms with Gasteiger partial charge >= 0.3 is 0 Å². The fourth-order valence-electron chi connectivity index (χ4n) is 2.34. The number of hydrogen-bond donors (Lipinski definition) is 1. The minimum Gasteiger partial charge on any atom is -0.339 e. The molecule has 96 valence electrons. The van der Waals surface area contributed by atoms with Crippen molar-refractivity contribution < 1.29 is 4.52 Å². The minimum atomic E-state index is 0. The van der Waals surface area contributed by atoms with E-state index in [0.717, 1.165) is 42.9 Å². The number of rotatable bonds is 5. The summed E-state index contributed by atoms with van der Waals surface area (Å²) in [5.74, 6) is 3.40. The maximum absolute atomic E-state index is 5.27. The highest BCUT2D eigenvalue weighted by molar-refractivity contribution is 5.85. The molecule has 1 atom stereocenters. The third-order valence-corrected chi connectivity index (χ3v) is 3.61. The van der Waals surface area contributed by atoms with E-state index < -0.39 is 0 Å². The Balaban J connectivity index is 0.00000108. The van der Waals surface area contributed by atoms with Crippen LogP contribution in [0.4, 0.5) is 0 Å². The summed E-state index contributed by atoms with van der Waals surface area (Å²) in [6.07, 6.45) is 7.13. The lowest BCUT2D eigenvalue weighted by Gasteiger charge is -2.03. The van der Waals surface area contributed by atoms with Gasteiger partial charge in [-0.2, -0.15) is 4.98 Å². The number of aryl methyl sites for hydroxylation is 1. The van der Waals surface area contributed by atoms with Gasteiger partial charge in [0.15, 0.2) is 5.82 Å². The number of halogens is 1. The largest absolute Gasteiger partial charge is 0.339 e. The van der Waals surface area contributed by atoms with Crippen molar-refractivity contribution in [2.24, 2.45) is 11.8 Å². The molecule has 3 rings (SSSR count). The summed E-state index contributed by atoms with van der Waals surface area (Å²) in [6, 6.07) is 0. The summed E-state index contributed by atoms with van der Waals surface area (Å²) in [5, 5.41) is 7.42. The molecule has 2 fully saturated rings. The first-order chi connectivity index (χ1) is 7.90. The molecule has 4 nitrogen and oxygen atoms in total. The Morgan fingerprint density at radius 1 is 1.24 bits per heavy atom. The highest BCUT2D eigenvalue weighted by Gasteiger charge is 2.24. The highest BCUT2D eigenvalue weighted by atomic mass is 35.5. The van der Waals surface area contributed by atoms with Crippen LogP contribution in [0, 0.1) is 11.8 Å². The quantitative estimate of drug-likeness (QED) is 0.877. The van der Waals surface area contributed by atoms with Gasteiger partial charge in [0, 0.05) is 12.8 Å². The van der Waals surface area contributed by atoms with Gasteiger partial charge in [-0.3, -0.25) is 0 Å². The molecule has 5 heteroatoms. The van der Waals surface area contributed by atoms with E-state index in [1.165, 1.54) is 32.2 Å². The van der Waals surface area contributed by atoms with Crippen LogP contribution < -0.4 is 5.32 Å². The standard InChI is InChI=1S/C12H19N3O.ClH/c1-2-9(1)7-11-14-12(16-15-11)4-3-10-5-6-13-8-10;/h9-10,13H,1-8H2;1H. The van der Waals surface area contributed by atoms with E-state index in [4.69, 9.17) is 4.52 Å². The van der Waals surface area contributed by atoms with E-state index in [1.807, 2.05) is 0 Å². The van der Waals surface area contributed by atoms with Crippen LogP contribution in [0.3, 0.4) is 0 Å². The average molecular weight is 258 g/mol. The minimum absolute atomic E-state index is 0.